The summed E-state index contributed by atoms with van der Waals surface area (Å²) in [7, 11) is 0. The summed E-state index contributed by atoms with van der Waals surface area (Å²) in [4.78, 5) is 12.4. The van der Waals surface area contributed by atoms with Crippen LogP contribution in [0.3, 0.4) is 0 Å². The van der Waals surface area contributed by atoms with E-state index in [2.05, 4.69) is 5.32 Å². The maximum atomic E-state index is 12.4. The monoisotopic (exact) mass is 351 g/mol. The van der Waals surface area contributed by atoms with E-state index in [4.69, 9.17) is 27.9 Å². The molecule has 0 atom stereocenters. The Bertz CT molecular complexity index is 706. The molecule has 2 aromatic rings. The van der Waals surface area contributed by atoms with Gasteiger partial charge in [-0.1, -0.05) is 36.2 Å². The van der Waals surface area contributed by atoms with Crippen LogP contribution in [-0.2, 0) is 0 Å². The molecule has 0 spiro atoms. The van der Waals surface area contributed by atoms with Crippen LogP contribution in [0.15, 0.2) is 30.3 Å². The number of hydrogen-bond donors (Lipinski definition) is 1. The van der Waals surface area contributed by atoms with Gasteiger partial charge in [0.15, 0.2) is 5.75 Å². The third-order valence-electron chi connectivity index (χ3n) is 3.48. The Morgan fingerprint density at radius 2 is 1.74 bits per heavy atom. The molecule has 1 N–H and O–H groups in total. The van der Waals surface area contributed by atoms with E-state index >= 15 is 0 Å². The molecule has 0 saturated carbocycles. The van der Waals surface area contributed by atoms with Gasteiger partial charge < -0.3 is 10.1 Å². The molecule has 0 heterocycles. The smallest absolute Gasteiger partial charge is 0.255 e. The Labute approximate surface area is 146 Å². The first-order valence-corrected chi connectivity index (χ1v) is 8.18. The van der Waals surface area contributed by atoms with E-state index < -0.39 is 0 Å². The minimum absolute atomic E-state index is 0.265. The number of benzene rings is 2. The fraction of sp³-hybridized carbons (Fsp3) is 0.278. The van der Waals surface area contributed by atoms with Crippen LogP contribution in [0.2, 0.25) is 10.0 Å². The zero-order valence-electron chi connectivity index (χ0n) is 13.4. The van der Waals surface area contributed by atoms with Crippen molar-refractivity contribution in [1.29, 1.82) is 0 Å². The SMILES string of the molecule is CCCOc1c(Cl)cc(C(=O)Nc2ccc(C)c(C)c2)cc1Cl. The van der Waals surface area contributed by atoms with Gasteiger partial charge in [0, 0.05) is 11.3 Å². The molecule has 0 radical (unpaired) electrons. The molecule has 3 nitrogen and oxygen atoms in total. The van der Waals surface area contributed by atoms with Crippen LogP contribution < -0.4 is 10.1 Å². The molecule has 0 unspecified atom stereocenters. The van der Waals surface area contributed by atoms with Crippen LogP contribution in [0.4, 0.5) is 5.69 Å². The summed E-state index contributed by atoms with van der Waals surface area (Å²) in [6.07, 6.45) is 0.849. The number of halogens is 2. The van der Waals surface area contributed by atoms with Gasteiger partial charge >= 0.3 is 0 Å². The van der Waals surface area contributed by atoms with Crippen LogP contribution in [0, 0.1) is 13.8 Å². The second kappa shape index (κ2) is 7.71. The lowest BCUT2D eigenvalue weighted by Crippen LogP contribution is -2.12. The van der Waals surface area contributed by atoms with Gasteiger partial charge in [0.25, 0.3) is 5.91 Å². The molecule has 122 valence electrons. The topological polar surface area (TPSA) is 38.3 Å². The maximum Gasteiger partial charge on any atom is 0.255 e. The molecule has 0 aromatic heterocycles. The quantitative estimate of drug-likeness (QED) is 0.755. The summed E-state index contributed by atoms with van der Waals surface area (Å²) < 4.78 is 5.50. The van der Waals surface area contributed by atoms with Gasteiger partial charge in [-0.25, -0.2) is 0 Å². The Morgan fingerprint density at radius 1 is 1.09 bits per heavy atom. The number of anilines is 1. The second-order valence-electron chi connectivity index (χ2n) is 5.37. The fourth-order valence-electron chi connectivity index (χ4n) is 2.06. The molecule has 0 bridgehead atoms. The Morgan fingerprint density at radius 3 is 2.30 bits per heavy atom. The minimum Gasteiger partial charge on any atom is -0.490 e. The van der Waals surface area contributed by atoms with Crippen molar-refractivity contribution in [1.82, 2.24) is 0 Å². The van der Waals surface area contributed by atoms with Gasteiger partial charge in [-0.3, -0.25) is 4.79 Å². The van der Waals surface area contributed by atoms with Crippen LogP contribution in [-0.4, -0.2) is 12.5 Å². The van der Waals surface area contributed by atoms with Gasteiger partial charge in [0.1, 0.15) is 0 Å². The van der Waals surface area contributed by atoms with E-state index in [1.165, 1.54) is 5.56 Å². The molecule has 0 saturated heterocycles. The van der Waals surface area contributed by atoms with Gasteiger partial charge in [-0.2, -0.15) is 0 Å². The van der Waals surface area contributed by atoms with Gasteiger partial charge in [-0.05, 0) is 55.7 Å². The first-order valence-electron chi connectivity index (χ1n) is 7.42. The Kier molecular flexibility index (Phi) is 5.91. The summed E-state index contributed by atoms with van der Waals surface area (Å²) in [5.41, 5.74) is 3.41. The molecular formula is C18H19Cl2NO2. The lowest BCUT2D eigenvalue weighted by Gasteiger charge is -2.12. The summed E-state index contributed by atoms with van der Waals surface area (Å²) in [6.45, 7) is 6.54. The highest BCUT2D eigenvalue weighted by Gasteiger charge is 2.14. The number of nitrogens with one attached hydrogen (secondary N) is 1. The summed E-state index contributed by atoms with van der Waals surface area (Å²) in [5, 5.41) is 3.51. The lowest BCUT2D eigenvalue weighted by atomic mass is 10.1. The normalized spacial score (nSPS) is 10.5. The van der Waals surface area contributed by atoms with Gasteiger partial charge in [0.2, 0.25) is 0 Å². The van der Waals surface area contributed by atoms with Gasteiger partial charge in [0.05, 0.1) is 16.7 Å². The number of amides is 1. The van der Waals surface area contributed by atoms with Crippen molar-refractivity contribution < 1.29 is 9.53 Å². The molecule has 0 fully saturated rings. The van der Waals surface area contributed by atoms with E-state index in [1.54, 1.807) is 12.1 Å². The molecule has 0 aliphatic heterocycles. The van der Waals surface area contributed by atoms with Crippen LogP contribution in [0.5, 0.6) is 5.75 Å². The number of rotatable bonds is 5. The first-order chi connectivity index (χ1) is 10.9. The first kappa shape index (κ1) is 17.6. The highest BCUT2D eigenvalue weighted by atomic mass is 35.5. The Hall–Kier alpha value is -1.71. The highest BCUT2D eigenvalue weighted by Crippen LogP contribution is 2.34. The van der Waals surface area contributed by atoms with E-state index in [-0.39, 0.29) is 5.91 Å². The van der Waals surface area contributed by atoms with E-state index in [9.17, 15) is 4.79 Å². The Balaban J connectivity index is 2.20. The van der Waals surface area contributed by atoms with Crippen molar-refractivity contribution in [3.05, 3.63) is 57.1 Å². The second-order valence-corrected chi connectivity index (χ2v) is 6.19. The third-order valence-corrected chi connectivity index (χ3v) is 4.04. The number of hydrogen-bond acceptors (Lipinski definition) is 2. The lowest BCUT2D eigenvalue weighted by molar-refractivity contribution is 0.102. The molecular weight excluding hydrogens is 333 g/mol. The highest BCUT2D eigenvalue weighted by molar-refractivity contribution is 6.37. The number of carbonyl (C=O) groups is 1. The largest absolute Gasteiger partial charge is 0.490 e. The zero-order chi connectivity index (χ0) is 17.0. The molecule has 0 aliphatic carbocycles. The fourth-order valence-corrected chi connectivity index (χ4v) is 2.65. The molecule has 2 rings (SSSR count). The number of carbonyl (C=O) groups excluding carboxylic acids is 1. The summed E-state index contributed by atoms with van der Waals surface area (Å²) in [6, 6.07) is 8.88. The predicted molar refractivity (Wildman–Crippen MR) is 96.1 cm³/mol. The third kappa shape index (κ3) is 4.40. The summed E-state index contributed by atoms with van der Waals surface area (Å²) >= 11 is 12.3. The minimum atomic E-state index is -0.265. The molecule has 0 aliphatic rings. The van der Waals surface area contributed by atoms with Gasteiger partial charge in [-0.15, -0.1) is 0 Å². The van der Waals surface area contributed by atoms with Crippen LogP contribution in [0.1, 0.15) is 34.8 Å². The predicted octanol–water partition coefficient (Wildman–Crippen LogP) is 5.65. The average molecular weight is 352 g/mol. The molecule has 23 heavy (non-hydrogen) atoms. The maximum absolute atomic E-state index is 12.4. The molecule has 1 amide bonds. The number of aryl methyl sites for hydroxylation is 2. The summed E-state index contributed by atoms with van der Waals surface area (Å²) in [5.74, 6) is 0.150. The van der Waals surface area contributed by atoms with E-state index in [0.717, 1.165) is 17.7 Å². The van der Waals surface area contributed by atoms with Crippen LogP contribution >= 0.6 is 23.2 Å². The van der Waals surface area contributed by atoms with E-state index in [0.29, 0.717) is 28.0 Å². The number of ether oxygens (including phenoxy) is 1. The van der Waals surface area contributed by atoms with Crippen molar-refractivity contribution >= 4 is 34.8 Å². The van der Waals surface area contributed by atoms with Crippen molar-refractivity contribution in [2.75, 3.05) is 11.9 Å². The van der Waals surface area contributed by atoms with Crippen LogP contribution in [0.25, 0.3) is 0 Å². The standard InChI is InChI=1S/C18H19Cl2NO2/c1-4-7-23-17-15(19)9-13(10-16(17)20)18(22)21-14-6-5-11(2)12(3)8-14/h5-6,8-10H,4,7H2,1-3H3,(H,21,22). The van der Waals surface area contributed by atoms with Crippen molar-refractivity contribution in [2.24, 2.45) is 0 Å². The van der Waals surface area contributed by atoms with Crippen molar-refractivity contribution in [3.63, 3.8) is 0 Å². The van der Waals surface area contributed by atoms with Crippen molar-refractivity contribution in [3.8, 4) is 5.75 Å². The molecule has 2 aromatic carbocycles. The van der Waals surface area contributed by atoms with Crippen molar-refractivity contribution in [2.45, 2.75) is 27.2 Å². The average Bonchev–Trinajstić information content (AvgIpc) is 2.50. The van der Waals surface area contributed by atoms with E-state index in [1.807, 2.05) is 39.0 Å². The molecule has 5 heteroatoms. The zero-order valence-corrected chi connectivity index (χ0v) is 14.9.